The van der Waals surface area contributed by atoms with Gasteiger partial charge in [-0.1, -0.05) is 0 Å². The summed E-state index contributed by atoms with van der Waals surface area (Å²) in [5.74, 6) is 0.350. The third-order valence-electron chi connectivity index (χ3n) is 3.65. The SMILES string of the molecule is Fc1c(Br)ccc2nc(N3CCNCC3)n3ncnc3c12. The number of anilines is 1. The highest BCUT2D eigenvalue weighted by Gasteiger charge is 2.20. The third-order valence-corrected chi connectivity index (χ3v) is 4.27. The summed E-state index contributed by atoms with van der Waals surface area (Å²) in [6, 6.07) is 3.46. The molecule has 0 amide bonds. The Bertz CT molecular complexity index is 826. The fraction of sp³-hybridized carbons (Fsp3) is 0.308. The van der Waals surface area contributed by atoms with Crippen molar-refractivity contribution in [1.82, 2.24) is 24.9 Å². The monoisotopic (exact) mass is 350 g/mol. The maximum atomic E-state index is 14.4. The number of nitrogens with zero attached hydrogens (tertiary/aromatic N) is 5. The number of benzene rings is 1. The Morgan fingerprint density at radius 1 is 1.24 bits per heavy atom. The van der Waals surface area contributed by atoms with Crippen molar-refractivity contribution in [2.24, 2.45) is 0 Å². The largest absolute Gasteiger partial charge is 0.338 e. The van der Waals surface area contributed by atoms with Crippen LogP contribution in [0.2, 0.25) is 0 Å². The van der Waals surface area contributed by atoms with E-state index >= 15 is 0 Å². The van der Waals surface area contributed by atoms with Gasteiger partial charge in [0, 0.05) is 26.2 Å². The molecule has 1 N–H and O–H groups in total. The molecule has 1 aliphatic rings. The summed E-state index contributed by atoms with van der Waals surface area (Å²) in [6.45, 7) is 3.47. The van der Waals surface area contributed by atoms with Crippen LogP contribution in [0.5, 0.6) is 0 Å². The number of nitrogens with one attached hydrogen (secondary N) is 1. The van der Waals surface area contributed by atoms with E-state index in [2.05, 4.69) is 41.2 Å². The third kappa shape index (κ3) is 1.97. The van der Waals surface area contributed by atoms with Gasteiger partial charge < -0.3 is 10.2 Å². The van der Waals surface area contributed by atoms with Crippen molar-refractivity contribution in [2.45, 2.75) is 0 Å². The lowest BCUT2D eigenvalue weighted by Gasteiger charge is -2.28. The molecule has 1 saturated heterocycles. The Kier molecular flexibility index (Phi) is 3.00. The zero-order chi connectivity index (χ0) is 14.4. The van der Waals surface area contributed by atoms with Crippen LogP contribution in [-0.2, 0) is 0 Å². The number of aromatic nitrogens is 4. The van der Waals surface area contributed by atoms with E-state index in [0.29, 0.717) is 27.0 Å². The second-order valence-electron chi connectivity index (χ2n) is 4.90. The van der Waals surface area contributed by atoms with E-state index in [-0.39, 0.29) is 5.82 Å². The number of hydrogen-bond donors (Lipinski definition) is 1. The lowest BCUT2D eigenvalue weighted by molar-refractivity contribution is 0.574. The molecule has 1 aromatic carbocycles. The predicted molar refractivity (Wildman–Crippen MR) is 81.0 cm³/mol. The molecule has 0 radical (unpaired) electrons. The fourth-order valence-electron chi connectivity index (χ4n) is 2.63. The van der Waals surface area contributed by atoms with Crippen LogP contribution in [0.4, 0.5) is 10.3 Å². The molecule has 8 heteroatoms. The first-order valence-corrected chi connectivity index (χ1v) is 7.48. The predicted octanol–water partition coefficient (Wildman–Crippen LogP) is 1.59. The average molecular weight is 351 g/mol. The van der Waals surface area contributed by atoms with Gasteiger partial charge in [0.05, 0.1) is 15.4 Å². The minimum absolute atomic E-state index is 0.357. The highest BCUT2D eigenvalue weighted by atomic mass is 79.9. The molecule has 1 aliphatic heterocycles. The van der Waals surface area contributed by atoms with E-state index in [9.17, 15) is 4.39 Å². The number of halogens is 2. The van der Waals surface area contributed by atoms with Crippen LogP contribution in [-0.4, -0.2) is 45.8 Å². The number of rotatable bonds is 1. The molecule has 2 aromatic heterocycles. The summed E-state index contributed by atoms with van der Waals surface area (Å²) >= 11 is 3.21. The van der Waals surface area contributed by atoms with Crippen molar-refractivity contribution in [1.29, 1.82) is 0 Å². The van der Waals surface area contributed by atoms with Crippen LogP contribution in [0.15, 0.2) is 22.9 Å². The zero-order valence-electron chi connectivity index (χ0n) is 11.1. The van der Waals surface area contributed by atoms with Crippen LogP contribution in [0, 0.1) is 5.82 Å². The molecule has 108 valence electrons. The normalized spacial score (nSPS) is 16.0. The number of fused-ring (bicyclic) bond motifs is 3. The van der Waals surface area contributed by atoms with Crippen LogP contribution in [0.1, 0.15) is 0 Å². The van der Waals surface area contributed by atoms with E-state index in [1.54, 1.807) is 16.6 Å². The summed E-state index contributed by atoms with van der Waals surface area (Å²) in [7, 11) is 0. The molecule has 0 bridgehead atoms. The van der Waals surface area contributed by atoms with Gasteiger partial charge in [-0.2, -0.15) is 9.61 Å². The highest BCUT2D eigenvalue weighted by molar-refractivity contribution is 9.10. The van der Waals surface area contributed by atoms with E-state index in [1.807, 2.05) is 0 Å². The van der Waals surface area contributed by atoms with Gasteiger partial charge in [-0.05, 0) is 28.1 Å². The van der Waals surface area contributed by atoms with E-state index < -0.39 is 0 Å². The molecule has 1 fully saturated rings. The van der Waals surface area contributed by atoms with Crippen LogP contribution >= 0.6 is 15.9 Å². The van der Waals surface area contributed by atoms with Gasteiger partial charge in [-0.25, -0.2) is 14.4 Å². The minimum Gasteiger partial charge on any atom is -0.338 e. The van der Waals surface area contributed by atoms with Crippen molar-refractivity contribution < 1.29 is 4.39 Å². The van der Waals surface area contributed by atoms with Crippen molar-refractivity contribution in [2.75, 3.05) is 31.1 Å². The second kappa shape index (κ2) is 4.88. The Balaban J connectivity index is 2.03. The van der Waals surface area contributed by atoms with Crippen molar-refractivity contribution in [3.05, 3.63) is 28.7 Å². The standard InChI is InChI=1S/C13H12BrFN6/c14-8-1-2-9-10(11(8)15)12-17-7-18-21(12)13(19-9)20-5-3-16-4-6-20/h1-2,7,16H,3-6H2. The Morgan fingerprint density at radius 3 is 2.86 bits per heavy atom. The molecule has 6 nitrogen and oxygen atoms in total. The lowest BCUT2D eigenvalue weighted by atomic mass is 10.2. The maximum Gasteiger partial charge on any atom is 0.229 e. The molecule has 0 spiro atoms. The van der Waals surface area contributed by atoms with Crippen LogP contribution in [0.25, 0.3) is 16.6 Å². The average Bonchev–Trinajstić information content (AvgIpc) is 3.00. The Labute approximate surface area is 128 Å². The minimum atomic E-state index is -0.357. The van der Waals surface area contributed by atoms with Gasteiger partial charge in [0.15, 0.2) is 11.5 Å². The Morgan fingerprint density at radius 2 is 2.05 bits per heavy atom. The van der Waals surface area contributed by atoms with Gasteiger partial charge in [0.1, 0.15) is 6.33 Å². The van der Waals surface area contributed by atoms with E-state index in [1.165, 1.54) is 6.33 Å². The molecule has 0 aliphatic carbocycles. The first kappa shape index (κ1) is 12.9. The summed E-state index contributed by atoms with van der Waals surface area (Å²) < 4.78 is 16.4. The lowest BCUT2D eigenvalue weighted by Crippen LogP contribution is -2.44. The quantitative estimate of drug-likeness (QED) is 0.722. The molecule has 0 saturated carbocycles. The summed E-state index contributed by atoms with van der Waals surface area (Å²) in [4.78, 5) is 10.9. The molecule has 21 heavy (non-hydrogen) atoms. The number of piperazine rings is 1. The first-order chi connectivity index (χ1) is 10.3. The summed E-state index contributed by atoms with van der Waals surface area (Å²) in [6.07, 6.45) is 1.43. The maximum absolute atomic E-state index is 14.4. The summed E-state index contributed by atoms with van der Waals surface area (Å²) in [5, 5.41) is 7.90. The molecular weight excluding hydrogens is 339 g/mol. The van der Waals surface area contributed by atoms with Crippen molar-refractivity contribution in [3.63, 3.8) is 0 Å². The second-order valence-corrected chi connectivity index (χ2v) is 5.75. The molecule has 3 heterocycles. The summed E-state index contributed by atoms with van der Waals surface area (Å²) in [5.41, 5.74) is 1.08. The molecule has 3 aromatic rings. The van der Waals surface area contributed by atoms with Gasteiger partial charge in [0.2, 0.25) is 5.95 Å². The van der Waals surface area contributed by atoms with Crippen LogP contribution in [0.3, 0.4) is 0 Å². The Hall–Kier alpha value is -1.80. The van der Waals surface area contributed by atoms with Gasteiger partial charge in [0.25, 0.3) is 0 Å². The van der Waals surface area contributed by atoms with Crippen LogP contribution < -0.4 is 10.2 Å². The topological polar surface area (TPSA) is 58.4 Å². The number of hydrogen-bond acceptors (Lipinski definition) is 5. The molecule has 0 unspecified atom stereocenters. The van der Waals surface area contributed by atoms with Crippen molar-refractivity contribution in [3.8, 4) is 0 Å². The van der Waals surface area contributed by atoms with Crippen molar-refractivity contribution >= 4 is 38.4 Å². The fourth-order valence-corrected chi connectivity index (χ4v) is 2.96. The smallest absolute Gasteiger partial charge is 0.229 e. The van der Waals surface area contributed by atoms with Gasteiger partial charge in [-0.15, -0.1) is 0 Å². The van der Waals surface area contributed by atoms with Gasteiger partial charge >= 0.3 is 0 Å². The van der Waals surface area contributed by atoms with Gasteiger partial charge in [-0.3, -0.25) is 0 Å². The molecular formula is C13H12BrFN6. The molecule has 4 rings (SSSR count). The van der Waals surface area contributed by atoms with E-state index in [4.69, 9.17) is 0 Å². The zero-order valence-corrected chi connectivity index (χ0v) is 12.6. The highest BCUT2D eigenvalue weighted by Crippen LogP contribution is 2.28. The molecule has 0 atom stereocenters. The first-order valence-electron chi connectivity index (χ1n) is 6.69. The van der Waals surface area contributed by atoms with E-state index in [0.717, 1.165) is 26.2 Å².